The van der Waals surface area contributed by atoms with Crippen LogP contribution in [-0.4, -0.2) is 35.2 Å². The van der Waals surface area contributed by atoms with Gasteiger partial charge in [-0.05, 0) is 36.0 Å². The van der Waals surface area contributed by atoms with Gasteiger partial charge in [0, 0.05) is 17.7 Å². The summed E-state index contributed by atoms with van der Waals surface area (Å²) < 4.78 is 50.7. The van der Waals surface area contributed by atoms with E-state index in [0.717, 1.165) is 6.07 Å². The molecule has 9 heteroatoms. The van der Waals surface area contributed by atoms with Gasteiger partial charge in [-0.1, -0.05) is 13.0 Å². The van der Waals surface area contributed by atoms with Crippen LogP contribution in [0.1, 0.15) is 24.2 Å². The van der Waals surface area contributed by atoms with E-state index >= 15 is 0 Å². The number of carbonyl (C=O) groups is 1. The van der Waals surface area contributed by atoms with Crippen LogP contribution in [0.2, 0.25) is 0 Å². The lowest BCUT2D eigenvalue weighted by molar-refractivity contribution is -0.141. The van der Waals surface area contributed by atoms with E-state index in [9.17, 15) is 18.0 Å². The Morgan fingerprint density at radius 2 is 1.93 bits per heavy atom. The molecule has 3 aliphatic rings. The lowest BCUT2D eigenvalue weighted by atomic mass is 9.76. The van der Waals surface area contributed by atoms with Crippen molar-refractivity contribution >= 4 is 11.6 Å². The summed E-state index contributed by atoms with van der Waals surface area (Å²) in [5.41, 5.74) is -0.218. The maximum Gasteiger partial charge on any atom is 0.433 e. The van der Waals surface area contributed by atoms with Gasteiger partial charge in [0.15, 0.2) is 0 Å². The smallest absolute Gasteiger partial charge is 0.433 e. The van der Waals surface area contributed by atoms with Gasteiger partial charge >= 0.3 is 6.18 Å². The van der Waals surface area contributed by atoms with Gasteiger partial charge in [-0.3, -0.25) is 4.79 Å². The Morgan fingerprint density at radius 1 is 1.17 bits per heavy atom. The molecule has 5 rings (SSSR count). The minimum absolute atomic E-state index is 0.253. The number of halogens is 3. The lowest BCUT2D eigenvalue weighted by Crippen LogP contribution is -2.37. The first-order valence-corrected chi connectivity index (χ1v) is 9.80. The SMILES string of the molecule is COc1ccc(NC(=O)[C@@H]2[C@@H](c3cccc(C(F)(F)F)n3)[C@H]3O[C@@H]2C2C(C)C23)cn1. The molecule has 0 aromatic carbocycles. The Labute approximate surface area is 170 Å². The number of rotatable bonds is 4. The molecule has 0 spiro atoms. The quantitative estimate of drug-likeness (QED) is 0.821. The van der Waals surface area contributed by atoms with Crippen LogP contribution < -0.4 is 10.1 Å². The first-order chi connectivity index (χ1) is 14.3. The van der Waals surface area contributed by atoms with E-state index in [1.807, 2.05) is 0 Å². The Hall–Kier alpha value is -2.68. The zero-order valence-electron chi connectivity index (χ0n) is 16.3. The summed E-state index contributed by atoms with van der Waals surface area (Å²) in [6.45, 7) is 2.10. The van der Waals surface area contributed by atoms with Gasteiger partial charge in [0.1, 0.15) is 5.69 Å². The highest BCUT2D eigenvalue weighted by Gasteiger charge is 2.72. The summed E-state index contributed by atoms with van der Waals surface area (Å²) >= 11 is 0. The predicted octanol–water partition coefficient (Wildman–Crippen LogP) is 3.51. The molecule has 30 heavy (non-hydrogen) atoms. The van der Waals surface area contributed by atoms with Gasteiger partial charge in [-0.2, -0.15) is 13.2 Å². The number of amides is 1. The van der Waals surface area contributed by atoms with Gasteiger partial charge < -0.3 is 14.8 Å². The van der Waals surface area contributed by atoms with Crippen LogP contribution in [0.4, 0.5) is 18.9 Å². The van der Waals surface area contributed by atoms with Crippen LogP contribution in [0.15, 0.2) is 36.5 Å². The Bertz CT molecular complexity index is 981. The normalized spacial score (nSPS) is 33.8. The number of anilines is 1. The van der Waals surface area contributed by atoms with Crippen LogP contribution in [0.3, 0.4) is 0 Å². The molecule has 2 bridgehead atoms. The van der Waals surface area contributed by atoms with Crippen molar-refractivity contribution in [2.75, 3.05) is 12.4 Å². The second-order valence-corrected chi connectivity index (χ2v) is 8.15. The molecule has 2 aromatic rings. The molecule has 4 heterocycles. The molecule has 1 saturated carbocycles. The third kappa shape index (κ3) is 2.94. The van der Waals surface area contributed by atoms with E-state index in [0.29, 0.717) is 17.5 Å². The molecule has 1 N–H and O–H groups in total. The summed E-state index contributed by atoms with van der Waals surface area (Å²) in [6.07, 6.45) is -3.68. The molecule has 158 valence electrons. The Balaban J connectivity index is 1.45. The van der Waals surface area contributed by atoms with Crippen LogP contribution in [0, 0.1) is 23.7 Å². The number of carbonyl (C=O) groups excluding carboxylic acids is 1. The number of ether oxygens (including phenoxy) is 2. The highest BCUT2D eigenvalue weighted by Crippen LogP contribution is 2.68. The number of methoxy groups -OCH3 is 1. The average Bonchev–Trinajstić information content (AvgIpc) is 3.09. The fourth-order valence-corrected chi connectivity index (χ4v) is 5.24. The monoisotopic (exact) mass is 419 g/mol. The molecule has 3 unspecified atom stereocenters. The average molecular weight is 419 g/mol. The van der Waals surface area contributed by atoms with Crippen LogP contribution in [-0.2, 0) is 15.7 Å². The lowest BCUT2D eigenvalue weighted by Gasteiger charge is -2.26. The number of hydrogen-bond donors (Lipinski definition) is 1. The molecular formula is C21H20F3N3O3. The summed E-state index contributed by atoms with van der Waals surface area (Å²) in [6, 6.07) is 7.13. The number of aromatic nitrogens is 2. The van der Waals surface area contributed by atoms with Gasteiger partial charge in [0.25, 0.3) is 0 Å². The fourth-order valence-electron chi connectivity index (χ4n) is 5.24. The fraction of sp³-hybridized carbons (Fsp3) is 0.476. The van der Waals surface area contributed by atoms with Crippen molar-refractivity contribution in [3.63, 3.8) is 0 Å². The van der Waals surface area contributed by atoms with Crippen molar-refractivity contribution in [3.8, 4) is 5.88 Å². The molecule has 2 aliphatic heterocycles. The zero-order chi connectivity index (χ0) is 21.2. The molecule has 2 aromatic heterocycles. The predicted molar refractivity (Wildman–Crippen MR) is 99.7 cm³/mol. The molecule has 0 radical (unpaired) electrons. The first kappa shape index (κ1) is 19.3. The number of nitrogens with one attached hydrogen (secondary N) is 1. The molecule has 2 saturated heterocycles. The minimum atomic E-state index is -4.55. The molecule has 6 nitrogen and oxygen atoms in total. The summed E-state index contributed by atoms with van der Waals surface area (Å²) in [7, 11) is 1.49. The summed E-state index contributed by atoms with van der Waals surface area (Å²) in [5.74, 6) is -0.0884. The summed E-state index contributed by atoms with van der Waals surface area (Å²) in [4.78, 5) is 21.1. The van der Waals surface area contributed by atoms with Crippen molar-refractivity contribution in [1.29, 1.82) is 0 Å². The van der Waals surface area contributed by atoms with Crippen molar-refractivity contribution in [2.45, 2.75) is 31.2 Å². The maximum absolute atomic E-state index is 13.2. The number of fused-ring (bicyclic) bond motifs is 5. The van der Waals surface area contributed by atoms with Crippen molar-refractivity contribution < 1.29 is 27.4 Å². The standard InChI is InChI=1S/C21H20F3N3O3/c1-9-14-15(9)19-17(20(28)26-10-6-7-13(29-2)25-8-10)16(18(14)30-19)11-4-3-5-12(27-11)21(22,23)24/h3-9,14-19H,1-2H3,(H,26,28)/t9?,14?,15?,16-,17-,18+,19-/m1/s1. The molecule has 3 fully saturated rings. The zero-order valence-corrected chi connectivity index (χ0v) is 16.3. The Morgan fingerprint density at radius 3 is 2.60 bits per heavy atom. The van der Waals surface area contributed by atoms with Crippen molar-refractivity contribution in [2.24, 2.45) is 23.7 Å². The second kappa shape index (κ2) is 6.66. The molecule has 1 aliphatic carbocycles. The maximum atomic E-state index is 13.2. The van der Waals surface area contributed by atoms with Crippen LogP contribution >= 0.6 is 0 Å². The molecule has 7 atom stereocenters. The number of nitrogens with zero attached hydrogens (tertiary/aromatic N) is 2. The van der Waals surface area contributed by atoms with E-state index in [4.69, 9.17) is 9.47 Å². The molecular weight excluding hydrogens is 399 g/mol. The van der Waals surface area contributed by atoms with E-state index in [1.165, 1.54) is 19.4 Å². The van der Waals surface area contributed by atoms with Gasteiger partial charge in [0.2, 0.25) is 11.8 Å². The van der Waals surface area contributed by atoms with E-state index in [-0.39, 0.29) is 35.6 Å². The van der Waals surface area contributed by atoms with E-state index in [1.54, 1.807) is 18.2 Å². The van der Waals surface area contributed by atoms with Crippen molar-refractivity contribution in [3.05, 3.63) is 47.9 Å². The third-order valence-corrected chi connectivity index (χ3v) is 6.60. The van der Waals surface area contributed by atoms with Crippen molar-refractivity contribution in [1.82, 2.24) is 9.97 Å². The largest absolute Gasteiger partial charge is 0.481 e. The molecule has 1 amide bonds. The highest BCUT2D eigenvalue weighted by atomic mass is 19.4. The summed E-state index contributed by atoms with van der Waals surface area (Å²) in [5, 5.41) is 2.83. The minimum Gasteiger partial charge on any atom is -0.481 e. The van der Waals surface area contributed by atoms with E-state index in [2.05, 4.69) is 22.2 Å². The first-order valence-electron chi connectivity index (χ1n) is 9.80. The van der Waals surface area contributed by atoms with Gasteiger partial charge in [-0.15, -0.1) is 0 Å². The number of hydrogen-bond acceptors (Lipinski definition) is 5. The van der Waals surface area contributed by atoms with Crippen LogP contribution in [0.25, 0.3) is 0 Å². The Kier molecular flexibility index (Phi) is 4.29. The van der Waals surface area contributed by atoms with Gasteiger partial charge in [0.05, 0.1) is 37.1 Å². The highest BCUT2D eigenvalue weighted by molar-refractivity contribution is 5.94. The topological polar surface area (TPSA) is 73.3 Å². The second-order valence-electron chi connectivity index (χ2n) is 8.15. The van der Waals surface area contributed by atoms with Crippen LogP contribution in [0.5, 0.6) is 5.88 Å². The van der Waals surface area contributed by atoms with E-state index < -0.39 is 23.7 Å². The van der Waals surface area contributed by atoms with Gasteiger partial charge in [-0.25, -0.2) is 9.97 Å². The third-order valence-electron chi connectivity index (χ3n) is 6.60. The number of alkyl halides is 3. The number of pyridine rings is 2.